The van der Waals surface area contributed by atoms with Gasteiger partial charge in [-0.2, -0.15) is 0 Å². The molecule has 0 spiro atoms. The van der Waals surface area contributed by atoms with Gasteiger partial charge in [-0.05, 0) is 18.2 Å². The van der Waals surface area contributed by atoms with Crippen molar-refractivity contribution in [1.82, 2.24) is 0 Å². The number of nitrogens with one attached hydrogen (secondary N) is 1. The average molecular weight is 296 g/mol. The van der Waals surface area contributed by atoms with Crippen LogP contribution in [-0.4, -0.2) is 11.1 Å². The molecule has 2 aromatic carbocycles. The van der Waals surface area contributed by atoms with Gasteiger partial charge in [0.25, 0.3) is 0 Å². The maximum Gasteiger partial charge on any atom is 0.345 e. The third-order valence-electron chi connectivity index (χ3n) is 3.28. The number of fused-ring (bicyclic) bond motifs is 1. The first-order valence-electron chi connectivity index (χ1n) is 6.48. The van der Waals surface area contributed by atoms with Gasteiger partial charge in [0.15, 0.2) is 0 Å². The number of carbonyl (C=O) groups is 1. The molecule has 0 radical (unpaired) electrons. The molecule has 0 saturated heterocycles. The van der Waals surface area contributed by atoms with Crippen LogP contribution in [0.3, 0.4) is 0 Å². The van der Waals surface area contributed by atoms with Gasteiger partial charge in [0.1, 0.15) is 5.69 Å². The number of carboxylic acid groups (broad SMARTS) is 1. The average Bonchev–Trinajstić information content (AvgIpc) is 2.51. The second-order valence-corrected chi connectivity index (χ2v) is 4.65. The number of aromatic carboxylic acids is 1. The van der Waals surface area contributed by atoms with Gasteiger partial charge in [-0.3, -0.25) is 0 Å². The van der Waals surface area contributed by atoms with Crippen molar-refractivity contribution in [3.8, 4) is 0 Å². The molecule has 1 aromatic heterocycles. The van der Waals surface area contributed by atoms with Crippen LogP contribution in [0.5, 0.6) is 0 Å². The Balaban J connectivity index is 2.21. The number of anilines is 3. The standard InChI is InChI=1S/C16H12N2O4/c17-14-13(9-5-1-2-6-10(9)16(21)22-14)18-12-8-4-3-7-11(12)15(19)20/h1-8,18H,17H2,(H,19,20). The summed E-state index contributed by atoms with van der Waals surface area (Å²) < 4.78 is 5.01. The minimum Gasteiger partial charge on any atom is -0.478 e. The van der Waals surface area contributed by atoms with Gasteiger partial charge in [0.05, 0.1) is 16.6 Å². The number of nitrogen functional groups attached to an aromatic ring is 1. The van der Waals surface area contributed by atoms with Crippen molar-refractivity contribution >= 4 is 34.0 Å². The molecular formula is C16H12N2O4. The highest BCUT2D eigenvalue weighted by atomic mass is 16.4. The highest BCUT2D eigenvalue weighted by Gasteiger charge is 2.15. The Bertz CT molecular complexity index is 931. The lowest BCUT2D eigenvalue weighted by atomic mass is 10.1. The largest absolute Gasteiger partial charge is 0.478 e. The summed E-state index contributed by atoms with van der Waals surface area (Å²) in [4.78, 5) is 23.1. The number of para-hydroxylation sites is 1. The summed E-state index contributed by atoms with van der Waals surface area (Å²) in [6, 6.07) is 13.2. The van der Waals surface area contributed by atoms with Gasteiger partial charge in [-0.1, -0.05) is 30.3 Å². The van der Waals surface area contributed by atoms with Crippen molar-refractivity contribution in [3.05, 3.63) is 64.5 Å². The van der Waals surface area contributed by atoms with Crippen LogP contribution in [0.15, 0.2) is 57.7 Å². The zero-order chi connectivity index (χ0) is 15.7. The van der Waals surface area contributed by atoms with Gasteiger partial charge in [0, 0.05) is 5.39 Å². The Kier molecular flexibility index (Phi) is 3.27. The van der Waals surface area contributed by atoms with E-state index in [9.17, 15) is 14.7 Å². The molecule has 0 aliphatic rings. The SMILES string of the molecule is Nc1oc(=O)c2ccccc2c1Nc1ccccc1C(=O)O. The Morgan fingerprint density at radius 1 is 1.05 bits per heavy atom. The third kappa shape index (κ3) is 2.26. The Morgan fingerprint density at radius 3 is 2.41 bits per heavy atom. The number of rotatable bonds is 3. The molecule has 4 N–H and O–H groups in total. The summed E-state index contributed by atoms with van der Waals surface area (Å²) in [6.07, 6.45) is 0. The Hall–Kier alpha value is -3.28. The first-order chi connectivity index (χ1) is 10.6. The van der Waals surface area contributed by atoms with Gasteiger partial charge < -0.3 is 20.6 Å². The summed E-state index contributed by atoms with van der Waals surface area (Å²) in [5, 5.41) is 13.1. The molecule has 1 heterocycles. The summed E-state index contributed by atoms with van der Waals surface area (Å²) in [5.74, 6) is -1.16. The molecular weight excluding hydrogens is 284 g/mol. The number of carboxylic acids is 1. The molecule has 0 unspecified atom stereocenters. The highest BCUT2D eigenvalue weighted by molar-refractivity contribution is 6.01. The van der Waals surface area contributed by atoms with Crippen molar-refractivity contribution in [2.24, 2.45) is 0 Å². The predicted molar refractivity (Wildman–Crippen MR) is 83.6 cm³/mol. The molecule has 0 saturated carbocycles. The van der Waals surface area contributed by atoms with Crippen LogP contribution in [-0.2, 0) is 0 Å². The van der Waals surface area contributed by atoms with Crippen LogP contribution in [0, 0.1) is 0 Å². The van der Waals surface area contributed by atoms with Gasteiger partial charge in [-0.25, -0.2) is 9.59 Å². The number of hydrogen-bond donors (Lipinski definition) is 3. The zero-order valence-corrected chi connectivity index (χ0v) is 11.4. The normalized spacial score (nSPS) is 10.5. The maximum absolute atomic E-state index is 11.8. The maximum atomic E-state index is 11.8. The molecule has 0 aliphatic heterocycles. The van der Waals surface area contributed by atoms with Crippen molar-refractivity contribution in [2.75, 3.05) is 11.1 Å². The zero-order valence-electron chi connectivity index (χ0n) is 11.4. The van der Waals surface area contributed by atoms with E-state index in [-0.39, 0.29) is 11.4 Å². The van der Waals surface area contributed by atoms with Gasteiger partial charge >= 0.3 is 11.6 Å². The first kappa shape index (κ1) is 13.7. The number of benzene rings is 2. The van der Waals surface area contributed by atoms with Crippen molar-refractivity contribution in [3.63, 3.8) is 0 Å². The quantitative estimate of drug-likeness (QED) is 0.686. The van der Waals surface area contributed by atoms with E-state index in [0.29, 0.717) is 22.1 Å². The summed E-state index contributed by atoms with van der Waals surface area (Å²) >= 11 is 0. The molecule has 0 fully saturated rings. The molecule has 6 nitrogen and oxygen atoms in total. The lowest BCUT2D eigenvalue weighted by Crippen LogP contribution is -2.08. The molecule has 0 aliphatic carbocycles. The summed E-state index contributed by atoms with van der Waals surface area (Å²) in [6.45, 7) is 0. The van der Waals surface area contributed by atoms with E-state index in [1.54, 1.807) is 42.5 Å². The fraction of sp³-hybridized carbons (Fsp3) is 0. The second kappa shape index (κ2) is 5.25. The van der Waals surface area contributed by atoms with E-state index < -0.39 is 11.6 Å². The smallest absolute Gasteiger partial charge is 0.345 e. The first-order valence-corrected chi connectivity index (χ1v) is 6.48. The lowest BCUT2D eigenvalue weighted by molar-refractivity contribution is 0.0698. The third-order valence-corrected chi connectivity index (χ3v) is 3.28. The Morgan fingerprint density at radius 2 is 1.68 bits per heavy atom. The van der Waals surface area contributed by atoms with Crippen molar-refractivity contribution < 1.29 is 14.3 Å². The molecule has 110 valence electrons. The molecule has 22 heavy (non-hydrogen) atoms. The Labute approximate surface area is 124 Å². The second-order valence-electron chi connectivity index (χ2n) is 4.65. The summed E-state index contributed by atoms with van der Waals surface area (Å²) in [7, 11) is 0. The minimum atomic E-state index is -1.07. The van der Waals surface area contributed by atoms with E-state index in [1.807, 2.05) is 0 Å². The van der Waals surface area contributed by atoms with Crippen LogP contribution in [0.1, 0.15) is 10.4 Å². The van der Waals surface area contributed by atoms with Crippen molar-refractivity contribution in [2.45, 2.75) is 0 Å². The van der Waals surface area contributed by atoms with Crippen LogP contribution >= 0.6 is 0 Å². The van der Waals surface area contributed by atoms with Gasteiger partial charge in [0.2, 0.25) is 5.88 Å². The topological polar surface area (TPSA) is 106 Å². The van der Waals surface area contributed by atoms with E-state index >= 15 is 0 Å². The van der Waals surface area contributed by atoms with E-state index in [1.165, 1.54) is 6.07 Å². The fourth-order valence-electron chi connectivity index (χ4n) is 2.26. The van der Waals surface area contributed by atoms with E-state index in [0.717, 1.165) is 0 Å². The van der Waals surface area contributed by atoms with Crippen LogP contribution in [0.4, 0.5) is 17.3 Å². The van der Waals surface area contributed by atoms with Gasteiger partial charge in [-0.15, -0.1) is 0 Å². The van der Waals surface area contributed by atoms with Crippen LogP contribution in [0.2, 0.25) is 0 Å². The summed E-state index contributed by atoms with van der Waals surface area (Å²) in [5.41, 5.74) is 6.07. The number of hydrogen-bond acceptors (Lipinski definition) is 5. The van der Waals surface area contributed by atoms with E-state index in [2.05, 4.69) is 5.32 Å². The van der Waals surface area contributed by atoms with Crippen LogP contribution in [0.25, 0.3) is 10.8 Å². The fourth-order valence-corrected chi connectivity index (χ4v) is 2.26. The minimum absolute atomic E-state index is 0.0936. The molecule has 0 atom stereocenters. The highest BCUT2D eigenvalue weighted by Crippen LogP contribution is 2.31. The predicted octanol–water partition coefficient (Wildman–Crippen LogP) is 2.82. The molecule has 3 rings (SSSR count). The van der Waals surface area contributed by atoms with E-state index in [4.69, 9.17) is 10.2 Å². The number of nitrogens with two attached hydrogens (primary N) is 1. The van der Waals surface area contributed by atoms with Crippen molar-refractivity contribution in [1.29, 1.82) is 0 Å². The molecule has 0 amide bonds. The monoisotopic (exact) mass is 296 g/mol. The molecule has 6 heteroatoms. The molecule has 3 aromatic rings. The lowest BCUT2D eigenvalue weighted by Gasteiger charge is -2.12. The van der Waals surface area contributed by atoms with Crippen LogP contribution < -0.4 is 16.7 Å². The molecule has 0 bridgehead atoms.